The second-order valence-corrected chi connectivity index (χ2v) is 7.82. The molecule has 0 spiro atoms. The lowest BCUT2D eigenvalue weighted by molar-refractivity contribution is -0.116. The van der Waals surface area contributed by atoms with Crippen molar-refractivity contribution in [1.82, 2.24) is 10.3 Å². The minimum Gasteiger partial charge on any atom is -0.399 e. The van der Waals surface area contributed by atoms with Gasteiger partial charge in [0.15, 0.2) is 5.96 Å². The quantitative estimate of drug-likeness (QED) is 0.228. The number of nitrogens with two attached hydrogens (primary N) is 1. The highest BCUT2D eigenvalue weighted by Gasteiger charge is 2.15. The Labute approximate surface area is 200 Å². The van der Waals surface area contributed by atoms with Crippen LogP contribution in [0.5, 0.6) is 0 Å². The highest BCUT2D eigenvalue weighted by molar-refractivity contribution is 6.39. The van der Waals surface area contributed by atoms with Gasteiger partial charge in [-0.25, -0.2) is 0 Å². The van der Waals surface area contributed by atoms with Crippen LogP contribution >= 0.6 is 23.2 Å². The molecule has 0 fully saturated rings. The van der Waals surface area contributed by atoms with Crippen LogP contribution in [0.25, 0.3) is 10.9 Å². The number of guanidine groups is 1. The van der Waals surface area contributed by atoms with Crippen molar-refractivity contribution in [3.05, 3.63) is 63.8 Å². The first-order chi connectivity index (χ1) is 15.8. The molecule has 5 N–H and O–H groups in total. The van der Waals surface area contributed by atoms with E-state index in [0.717, 1.165) is 16.5 Å². The summed E-state index contributed by atoms with van der Waals surface area (Å²) in [5, 5.41) is 10.9. The van der Waals surface area contributed by atoms with E-state index in [9.17, 15) is 9.59 Å². The third-order valence-electron chi connectivity index (χ3n) is 4.54. The number of benzene rings is 2. The summed E-state index contributed by atoms with van der Waals surface area (Å²) in [5.74, 6) is -0.865. The molecule has 1 aromatic heterocycles. The van der Waals surface area contributed by atoms with Crippen molar-refractivity contribution in [3.8, 4) is 0 Å². The van der Waals surface area contributed by atoms with Gasteiger partial charge in [0.25, 0.3) is 5.91 Å². The number of amides is 2. The van der Waals surface area contributed by atoms with E-state index < -0.39 is 5.91 Å². The van der Waals surface area contributed by atoms with Crippen molar-refractivity contribution >= 4 is 63.3 Å². The van der Waals surface area contributed by atoms with E-state index in [1.165, 1.54) is 14.0 Å². The van der Waals surface area contributed by atoms with Crippen molar-refractivity contribution in [3.63, 3.8) is 0 Å². The van der Waals surface area contributed by atoms with Crippen LogP contribution < -0.4 is 16.4 Å². The number of hydrogen-bond acceptors (Lipinski definition) is 4. The molecule has 0 bridgehead atoms. The Balaban J connectivity index is 1.67. The number of fused-ring (bicyclic) bond motifs is 1. The summed E-state index contributed by atoms with van der Waals surface area (Å²) in [6, 6.07) is 10.9. The van der Waals surface area contributed by atoms with Crippen LogP contribution in [-0.2, 0) is 21.0 Å². The van der Waals surface area contributed by atoms with E-state index in [1.807, 2.05) is 24.3 Å². The summed E-state index contributed by atoms with van der Waals surface area (Å²) in [5.41, 5.74) is 8.96. The molecule has 0 saturated heterocycles. The number of carbonyl (C=O) groups is 2. The van der Waals surface area contributed by atoms with E-state index in [1.54, 1.807) is 18.3 Å². The van der Waals surface area contributed by atoms with Gasteiger partial charge in [0, 0.05) is 36.1 Å². The highest BCUT2D eigenvalue weighted by atomic mass is 35.5. The number of oxime groups is 1. The highest BCUT2D eigenvalue weighted by Crippen LogP contribution is 2.31. The first-order valence-corrected chi connectivity index (χ1v) is 10.6. The number of nitrogens with zero attached hydrogens (tertiary/aromatic N) is 2. The van der Waals surface area contributed by atoms with Crippen LogP contribution in [-0.4, -0.2) is 35.6 Å². The fourth-order valence-electron chi connectivity index (χ4n) is 3.17. The molecular weight excluding hydrogens is 467 g/mol. The number of nitrogens with one attached hydrogen (secondary N) is 3. The second kappa shape index (κ2) is 10.8. The molecule has 172 valence electrons. The normalized spacial score (nSPS) is 12.0. The molecule has 0 atom stereocenters. The zero-order valence-electron chi connectivity index (χ0n) is 17.9. The number of halogens is 2. The monoisotopic (exact) mass is 488 g/mol. The molecule has 0 unspecified atom stereocenters. The molecule has 3 aromatic rings. The van der Waals surface area contributed by atoms with E-state index in [0.29, 0.717) is 17.0 Å². The summed E-state index contributed by atoms with van der Waals surface area (Å²) >= 11 is 12.4. The van der Waals surface area contributed by atoms with Crippen LogP contribution in [0.1, 0.15) is 24.5 Å². The molecule has 0 aliphatic carbocycles. The van der Waals surface area contributed by atoms with Crippen molar-refractivity contribution in [2.24, 2.45) is 15.9 Å². The lowest BCUT2D eigenvalue weighted by Gasteiger charge is -2.11. The molecule has 9 nitrogen and oxygen atoms in total. The SMILES string of the molecule is CON=C(CC(=O)N=C(N)NCc1cc(Cl)c(NC(C)=O)c(Cl)c1)c1c[nH]c2ccccc12. The first-order valence-electron chi connectivity index (χ1n) is 9.81. The summed E-state index contributed by atoms with van der Waals surface area (Å²) in [7, 11) is 1.41. The topological polar surface area (TPSA) is 134 Å². The van der Waals surface area contributed by atoms with Crippen LogP contribution in [0, 0.1) is 0 Å². The molecule has 11 heteroatoms. The minimum absolute atomic E-state index is 0.0751. The average molecular weight is 489 g/mol. The predicted octanol–water partition coefficient (Wildman–Crippen LogP) is 3.80. The Hall–Kier alpha value is -3.56. The minimum atomic E-state index is -0.502. The number of carbonyl (C=O) groups excluding carboxylic acids is 2. The number of aromatic nitrogens is 1. The Kier molecular flexibility index (Phi) is 7.92. The Bertz CT molecular complexity index is 1230. The molecule has 0 aliphatic rings. The van der Waals surface area contributed by atoms with Gasteiger partial charge in [-0.3, -0.25) is 9.59 Å². The first kappa shape index (κ1) is 24.1. The van der Waals surface area contributed by atoms with Gasteiger partial charge in [-0.1, -0.05) is 46.6 Å². The fourth-order valence-corrected chi connectivity index (χ4v) is 3.80. The van der Waals surface area contributed by atoms with Crippen molar-refractivity contribution < 1.29 is 14.4 Å². The van der Waals surface area contributed by atoms with Gasteiger partial charge in [-0.2, -0.15) is 4.99 Å². The van der Waals surface area contributed by atoms with Gasteiger partial charge in [-0.15, -0.1) is 0 Å². The number of H-pyrrole nitrogens is 1. The molecular formula is C22H22Cl2N6O3. The third kappa shape index (κ3) is 6.24. The Morgan fingerprint density at radius 3 is 2.55 bits per heavy atom. The van der Waals surface area contributed by atoms with Crippen LogP contribution in [0.15, 0.2) is 52.7 Å². The second-order valence-electron chi connectivity index (χ2n) is 7.01. The largest absolute Gasteiger partial charge is 0.399 e. The lowest BCUT2D eigenvalue weighted by Crippen LogP contribution is -2.32. The lowest BCUT2D eigenvalue weighted by atomic mass is 10.1. The molecule has 33 heavy (non-hydrogen) atoms. The van der Waals surface area contributed by atoms with Crippen molar-refractivity contribution in [1.29, 1.82) is 0 Å². The average Bonchev–Trinajstić information content (AvgIpc) is 3.18. The summed E-state index contributed by atoms with van der Waals surface area (Å²) in [6.45, 7) is 1.57. The van der Waals surface area contributed by atoms with Crippen LogP contribution in [0.2, 0.25) is 10.0 Å². The fraction of sp³-hybridized carbons (Fsp3) is 0.182. The number of para-hydroxylation sites is 1. The van der Waals surface area contributed by atoms with E-state index in [4.69, 9.17) is 33.8 Å². The molecule has 2 amide bonds. The summed E-state index contributed by atoms with van der Waals surface area (Å²) in [4.78, 5) is 35.7. The van der Waals surface area contributed by atoms with Crippen LogP contribution in [0.3, 0.4) is 0 Å². The Morgan fingerprint density at radius 2 is 1.88 bits per heavy atom. The number of aliphatic imine (C=N–C) groups is 1. The Morgan fingerprint density at radius 1 is 1.18 bits per heavy atom. The maximum atomic E-state index is 12.5. The number of aromatic amines is 1. The zero-order chi connectivity index (χ0) is 24.0. The summed E-state index contributed by atoms with van der Waals surface area (Å²) in [6.07, 6.45) is 1.65. The van der Waals surface area contributed by atoms with Crippen molar-refractivity contribution in [2.45, 2.75) is 19.9 Å². The standard InChI is InChI=1S/C22H22Cl2N6O3/c1-12(31)28-21-16(23)7-13(8-17(21)24)10-27-22(25)29-20(32)9-19(30-33-2)15-11-26-18-6-4-3-5-14(15)18/h3-8,11,26H,9-10H2,1-2H3,(H,28,31)(H3,25,27,29,32). The predicted molar refractivity (Wildman–Crippen MR) is 131 cm³/mol. The van der Waals surface area contributed by atoms with E-state index in [-0.39, 0.29) is 34.9 Å². The molecule has 0 aliphatic heterocycles. The van der Waals surface area contributed by atoms with Gasteiger partial charge in [-0.05, 0) is 23.8 Å². The maximum absolute atomic E-state index is 12.5. The van der Waals surface area contributed by atoms with Gasteiger partial charge in [0.05, 0.1) is 27.9 Å². The van der Waals surface area contributed by atoms with Crippen molar-refractivity contribution in [2.75, 3.05) is 12.4 Å². The number of rotatable bonds is 7. The van der Waals surface area contributed by atoms with E-state index in [2.05, 4.69) is 25.8 Å². The zero-order valence-corrected chi connectivity index (χ0v) is 19.4. The van der Waals surface area contributed by atoms with Gasteiger partial charge in [0.1, 0.15) is 7.11 Å². The number of hydrogen-bond donors (Lipinski definition) is 4. The van der Waals surface area contributed by atoms with Gasteiger partial charge >= 0.3 is 0 Å². The molecule has 2 aromatic carbocycles. The van der Waals surface area contributed by atoms with Gasteiger partial charge in [0.2, 0.25) is 5.91 Å². The molecule has 3 rings (SSSR count). The molecule has 0 saturated carbocycles. The van der Waals surface area contributed by atoms with Crippen LogP contribution in [0.4, 0.5) is 5.69 Å². The van der Waals surface area contributed by atoms with E-state index >= 15 is 0 Å². The summed E-state index contributed by atoms with van der Waals surface area (Å²) < 4.78 is 0. The third-order valence-corrected chi connectivity index (χ3v) is 5.14. The number of anilines is 1. The smallest absolute Gasteiger partial charge is 0.255 e. The molecule has 1 heterocycles. The maximum Gasteiger partial charge on any atom is 0.255 e. The van der Waals surface area contributed by atoms with Gasteiger partial charge < -0.3 is 26.2 Å². The molecule has 0 radical (unpaired) electrons.